The monoisotopic (exact) mass is 215 g/mol. The summed E-state index contributed by atoms with van der Waals surface area (Å²) in [5, 5.41) is 10.0. The Hall–Kier alpha value is -2.37. The molecule has 0 radical (unpaired) electrons. The van der Waals surface area contributed by atoms with Crippen molar-refractivity contribution in [2.24, 2.45) is 0 Å². The zero-order valence-corrected chi connectivity index (χ0v) is 8.58. The standard InChI is InChI=1S/C10H9N5O/c1-11-10(16)8-4-2-3-7(14-8)9-12-5-6-13-15-9/h2-6H,1H3,(H,11,16). The van der Waals surface area contributed by atoms with Gasteiger partial charge in [0.05, 0.1) is 6.20 Å². The zero-order chi connectivity index (χ0) is 11.4. The van der Waals surface area contributed by atoms with Crippen LogP contribution in [0.3, 0.4) is 0 Å². The number of pyridine rings is 1. The minimum Gasteiger partial charge on any atom is -0.354 e. The van der Waals surface area contributed by atoms with E-state index in [1.54, 1.807) is 25.2 Å². The fourth-order valence-electron chi connectivity index (χ4n) is 1.18. The number of nitrogens with one attached hydrogen (secondary N) is 1. The predicted molar refractivity (Wildman–Crippen MR) is 56.4 cm³/mol. The van der Waals surface area contributed by atoms with Gasteiger partial charge in [0.15, 0.2) is 5.82 Å². The minimum atomic E-state index is -0.245. The van der Waals surface area contributed by atoms with Crippen molar-refractivity contribution >= 4 is 5.91 Å². The molecule has 6 heteroatoms. The molecule has 0 unspecified atom stereocenters. The number of hydrogen-bond donors (Lipinski definition) is 1. The topological polar surface area (TPSA) is 80.7 Å². The quantitative estimate of drug-likeness (QED) is 0.778. The number of carbonyl (C=O) groups is 1. The van der Waals surface area contributed by atoms with Gasteiger partial charge in [0.1, 0.15) is 11.4 Å². The number of aromatic nitrogens is 4. The first-order chi connectivity index (χ1) is 7.81. The van der Waals surface area contributed by atoms with Crippen molar-refractivity contribution in [2.45, 2.75) is 0 Å². The van der Waals surface area contributed by atoms with Crippen molar-refractivity contribution in [1.29, 1.82) is 0 Å². The van der Waals surface area contributed by atoms with Crippen LogP contribution >= 0.6 is 0 Å². The molecule has 0 aliphatic carbocycles. The molecule has 0 aliphatic rings. The van der Waals surface area contributed by atoms with Crippen LogP contribution in [-0.4, -0.2) is 33.1 Å². The lowest BCUT2D eigenvalue weighted by atomic mass is 10.3. The van der Waals surface area contributed by atoms with Gasteiger partial charge in [-0.25, -0.2) is 9.97 Å². The van der Waals surface area contributed by atoms with E-state index >= 15 is 0 Å². The third-order valence-electron chi connectivity index (χ3n) is 1.92. The molecule has 1 amide bonds. The van der Waals surface area contributed by atoms with Gasteiger partial charge in [-0.15, -0.1) is 5.10 Å². The van der Waals surface area contributed by atoms with Crippen LogP contribution in [0.1, 0.15) is 10.5 Å². The lowest BCUT2D eigenvalue weighted by Gasteiger charge is -2.01. The van der Waals surface area contributed by atoms with Crippen molar-refractivity contribution in [3.8, 4) is 11.5 Å². The highest BCUT2D eigenvalue weighted by atomic mass is 16.1. The van der Waals surface area contributed by atoms with Crippen LogP contribution in [0.4, 0.5) is 0 Å². The Kier molecular flexibility index (Phi) is 2.81. The first-order valence-electron chi connectivity index (χ1n) is 4.64. The molecule has 1 N–H and O–H groups in total. The summed E-state index contributed by atoms with van der Waals surface area (Å²) in [5.41, 5.74) is 0.849. The lowest BCUT2D eigenvalue weighted by Crippen LogP contribution is -2.19. The molecule has 16 heavy (non-hydrogen) atoms. The average molecular weight is 215 g/mol. The van der Waals surface area contributed by atoms with Crippen LogP contribution in [0.2, 0.25) is 0 Å². The molecule has 2 aromatic rings. The first kappa shape index (κ1) is 10.2. The van der Waals surface area contributed by atoms with Crippen LogP contribution in [0.15, 0.2) is 30.6 Å². The van der Waals surface area contributed by atoms with Gasteiger partial charge in [-0.3, -0.25) is 4.79 Å². The molecule has 2 rings (SSSR count). The van der Waals surface area contributed by atoms with Crippen molar-refractivity contribution in [3.63, 3.8) is 0 Å². The predicted octanol–water partition coefficient (Wildman–Crippen LogP) is 0.293. The summed E-state index contributed by atoms with van der Waals surface area (Å²) in [7, 11) is 1.55. The largest absolute Gasteiger partial charge is 0.354 e. The average Bonchev–Trinajstić information content (AvgIpc) is 2.39. The van der Waals surface area contributed by atoms with Crippen molar-refractivity contribution in [1.82, 2.24) is 25.5 Å². The maximum atomic E-state index is 11.4. The third kappa shape index (κ3) is 2.00. The molecule has 0 atom stereocenters. The Bertz CT molecular complexity index is 500. The summed E-state index contributed by atoms with van der Waals surface area (Å²) in [4.78, 5) is 19.5. The molecule has 0 saturated heterocycles. The number of nitrogens with zero attached hydrogens (tertiary/aromatic N) is 4. The van der Waals surface area contributed by atoms with Gasteiger partial charge in [0.25, 0.3) is 5.91 Å². The van der Waals surface area contributed by atoms with Gasteiger partial charge in [0, 0.05) is 13.2 Å². The van der Waals surface area contributed by atoms with E-state index in [0.717, 1.165) is 0 Å². The molecular weight excluding hydrogens is 206 g/mol. The van der Waals surface area contributed by atoms with Crippen molar-refractivity contribution < 1.29 is 4.79 Å². The fourth-order valence-corrected chi connectivity index (χ4v) is 1.18. The van der Waals surface area contributed by atoms with E-state index in [0.29, 0.717) is 17.2 Å². The number of hydrogen-bond acceptors (Lipinski definition) is 5. The first-order valence-corrected chi connectivity index (χ1v) is 4.64. The summed E-state index contributed by atoms with van der Waals surface area (Å²) >= 11 is 0. The van der Waals surface area contributed by atoms with Crippen LogP contribution in [0.5, 0.6) is 0 Å². The molecule has 0 aliphatic heterocycles. The SMILES string of the molecule is CNC(=O)c1cccc(-c2nccnn2)n1. The molecule has 80 valence electrons. The maximum Gasteiger partial charge on any atom is 0.269 e. The van der Waals surface area contributed by atoms with Gasteiger partial charge in [-0.2, -0.15) is 5.10 Å². The molecule has 2 heterocycles. The third-order valence-corrected chi connectivity index (χ3v) is 1.92. The van der Waals surface area contributed by atoms with Crippen molar-refractivity contribution in [3.05, 3.63) is 36.3 Å². The van der Waals surface area contributed by atoms with Gasteiger partial charge in [-0.1, -0.05) is 6.07 Å². The highest BCUT2D eigenvalue weighted by Crippen LogP contribution is 2.10. The Balaban J connectivity index is 2.40. The highest BCUT2D eigenvalue weighted by Gasteiger charge is 2.08. The summed E-state index contributed by atoms with van der Waals surface area (Å²) in [6.07, 6.45) is 3.00. The fraction of sp³-hybridized carbons (Fsp3) is 0.100. The van der Waals surface area contributed by atoms with E-state index in [-0.39, 0.29) is 5.91 Å². The molecular formula is C10H9N5O. The Morgan fingerprint density at radius 3 is 2.88 bits per heavy atom. The number of rotatable bonds is 2. The van der Waals surface area contributed by atoms with E-state index in [1.165, 1.54) is 12.4 Å². The Morgan fingerprint density at radius 1 is 1.31 bits per heavy atom. The van der Waals surface area contributed by atoms with Crippen LogP contribution in [0, 0.1) is 0 Å². The summed E-state index contributed by atoms with van der Waals surface area (Å²) in [5.74, 6) is 0.152. The number of carbonyl (C=O) groups excluding carboxylic acids is 1. The molecule has 0 aromatic carbocycles. The summed E-state index contributed by atoms with van der Waals surface area (Å²) in [6.45, 7) is 0. The van der Waals surface area contributed by atoms with E-state index in [9.17, 15) is 4.79 Å². The normalized spacial score (nSPS) is 9.81. The molecule has 0 bridgehead atoms. The molecule has 0 fully saturated rings. The van der Waals surface area contributed by atoms with Gasteiger partial charge in [0.2, 0.25) is 0 Å². The molecule has 0 saturated carbocycles. The van der Waals surface area contributed by atoms with Gasteiger partial charge in [-0.05, 0) is 12.1 Å². The summed E-state index contributed by atoms with van der Waals surface area (Å²) in [6, 6.07) is 5.07. The molecule has 0 spiro atoms. The van der Waals surface area contributed by atoms with Crippen molar-refractivity contribution in [2.75, 3.05) is 7.05 Å². The van der Waals surface area contributed by atoms with Gasteiger partial charge < -0.3 is 5.32 Å². The molecule has 6 nitrogen and oxygen atoms in total. The lowest BCUT2D eigenvalue weighted by molar-refractivity contribution is 0.0958. The second-order valence-electron chi connectivity index (χ2n) is 2.95. The van der Waals surface area contributed by atoms with Crippen LogP contribution < -0.4 is 5.32 Å². The Morgan fingerprint density at radius 2 is 2.19 bits per heavy atom. The van der Waals surface area contributed by atoms with Gasteiger partial charge >= 0.3 is 0 Å². The summed E-state index contributed by atoms with van der Waals surface area (Å²) < 4.78 is 0. The van der Waals surface area contributed by atoms with E-state index in [4.69, 9.17) is 0 Å². The Labute approximate surface area is 91.8 Å². The van der Waals surface area contributed by atoms with Crippen LogP contribution in [0.25, 0.3) is 11.5 Å². The zero-order valence-electron chi connectivity index (χ0n) is 8.58. The second-order valence-corrected chi connectivity index (χ2v) is 2.95. The second kappa shape index (κ2) is 4.43. The van der Waals surface area contributed by atoms with Crippen LogP contribution in [-0.2, 0) is 0 Å². The highest BCUT2D eigenvalue weighted by molar-refractivity contribution is 5.92. The van der Waals surface area contributed by atoms with E-state index in [1.807, 2.05) is 0 Å². The van der Waals surface area contributed by atoms with E-state index < -0.39 is 0 Å². The minimum absolute atomic E-state index is 0.245. The number of amides is 1. The van der Waals surface area contributed by atoms with E-state index in [2.05, 4.69) is 25.5 Å². The smallest absolute Gasteiger partial charge is 0.269 e. The maximum absolute atomic E-state index is 11.4. The molecule has 2 aromatic heterocycles.